The fourth-order valence-corrected chi connectivity index (χ4v) is 4.91. The Morgan fingerprint density at radius 3 is 2.45 bits per heavy atom. The lowest BCUT2D eigenvalue weighted by molar-refractivity contribution is 0.183. The number of hydrogen-bond acceptors (Lipinski definition) is 7. The molecule has 0 aliphatic carbocycles. The van der Waals surface area contributed by atoms with Gasteiger partial charge in [0.15, 0.2) is 11.5 Å². The number of aryl methyl sites for hydroxylation is 3. The van der Waals surface area contributed by atoms with Gasteiger partial charge in [-0.2, -0.15) is 0 Å². The minimum atomic E-state index is -0.396. The first-order valence-corrected chi connectivity index (χ1v) is 14.8. The number of aliphatic hydroxyl groups excluding tert-OH is 1. The molecule has 8 nitrogen and oxygen atoms in total. The number of likely N-dealkylation sites (N-methyl/N-ethyl adjacent to an activating group) is 2. The molecule has 0 bridgehead atoms. The number of phenols is 1. The fourth-order valence-electron chi connectivity index (χ4n) is 4.91. The van der Waals surface area contributed by atoms with Crippen molar-refractivity contribution < 1.29 is 19.4 Å². The largest absolute Gasteiger partial charge is 0.504 e. The molecule has 6 N–H and O–H groups in total. The molecule has 0 amide bonds. The first-order valence-electron chi connectivity index (χ1n) is 14.8. The molecular weight excluding hydrogens is 504 g/mol. The second-order valence-corrected chi connectivity index (χ2v) is 10.8. The maximum absolute atomic E-state index is 10.5. The van der Waals surface area contributed by atoms with Gasteiger partial charge in [-0.05, 0) is 80.7 Å². The number of unbranched alkanes of at least 4 members (excludes halogenated alkanes) is 1. The summed E-state index contributed by atoms with van der Waals surface area (Å²) in [6.07, 6.45) is 6.55. The Morgan fingerprint density at radius 1 is 0.975 bits per heavy atom. The number of nitrogens with one attached hydrogen (secondary N) is 4. The molecule has 4 atom stereocenters. The number of aromatic nitrogens is 1. The second-order valence-electron chi connectivity index (χ2n) is 10.8. The minimum absolute atomic E-state index is 0.0631. The molecule has 8 heteroatoms. The highest BCUT2D eigenvalue weighted by Gasteiger charge is 2.22. The molecular formula is C32H50N4O4. The van der Waals surface area contributed by atoms with Crippen molar-refractivity contribution in [3.05, 3.63) is 70.9 Å². The predicted molar refractivity (Wildman–Crippen MR) is 161 cm³/mol. The van der Waals surface area contributed by atoms with Crippen LogP contribution in [0.3, 0.4) is 0 Å². The summed E-state index contributed by atoms with van der Waals surface area (Å²) in [5.41, 5.74) is 3.32. The Kier molecular flexibility index (Phi) is 13.1. The summed E-state index contributed by atoms with van der Waals surface area (Å²) in [5, 5.41) is 30.4. The molecule has 0 spiro atoms. The van der Waals surface area contributed by atoms with Crippen molar-refractivity contribution in [3.63, 3.8) is 0 Å². The number of benzene rings is 1. The van der Waals surface area contributed by atoms with Crippen molar-refractivity contribution in [2.75, 3.05) is 33.3 Å². The molecule has 0 aliphatic heterocycles. The Morgan fingerprint density at radius 2 is 1.75 bits per heavy atom. The van der Waals surface area contributed by atoms with Crippen LogP contribution in [0.2, 0.25) is 0 Å². The van der Waals surface area contributed by atoms with Crippen LogP contribution < -0.4 is 20.7 Å². The van der Waals surface area contributed by atoms with E-state index in [1.54, 1.807) is 13.0 Å². The van der Waals surface area contributed by atoms with Gasteiger partial charge in [0.2, 0.25) is 0 Å². The maximum atomic E-state index is 10.5. The lowest BCUT2D eigenvalue weighted by Crippen LogP contribution is -2.43. The Labute approximate surface area is 239 Å². The predicted octanol–water partition coefficient (Wildman–Crippen LogP) is 4.83. The molecule has 0 fully saturated rings. The second kappa shape index (κ2) is 16.5. The average Bonchev–Trinajstić information content (AvgIpc) is 3.62. The SMILES string of the molecule is CCCCc1ccc(CCc2ccc(O)c(OC[C@H](NCC)c3cc([C@H](C)[C@H](CNC)NC[C@H](C)O)c[nH]3)c2)o1. The molecule has 0 unspecified atom stereocenters. The Hall–Kier alpha value is -2.78. The van der Waals surface area contributed by atoms with E-state index in [0.717, 1.165) is 68.0 Å². The number of ether oxygens (including phenoxy) is 1. The lowest BCUT2D eigenvalue weighted by Gasteiger charge is -2.25. The van der Waals surface area contributed by atoms with E-state index in [4.69, 9.17) is 9.15 Å². The minimum Gasteiger partial charge on any atom is -0.504 e. The molecule has 3 aromatic rings. The number of phenolic OH excluding ortho intramolecular Hbond substituents is 1. The van der Waals surface area contributed by atoms with E-state index in [9.17, 15) is 10.2 Å². The number of furan rings is 1. The summed E-state index contributed by atoms with van der Waals surface area (Å²) in [4.78, 5) is 3.44. The maximum Gasteiger partial charge on any atom is 0.161 e. The zero-order chi connectivity index (χ0) is 28.9. The topological polar surface area (TPSA) is 115 Å². The summed E-state index contributed by atoms with van der Waals surface area (Å²) in [5.74, 6) is 2.90. The van der Waals surface area contributed by atoms with Gasteiger partial charge in [0.1, 0.15) is 18.1 Å². The van der Waals surface area contributed by atoms with Crippen LogP contribution in [0.25, 0.3) is 0 Å². The highest BCUT2D eigenvalue weighted by Crippen LogP contribution is 2.29. The highest BCUT2D eigenvalue weighted by molar-refractivity contribution is 5.42. The van der Waals surface area contributed by atoms with Crippen LogP contribution in [0.5, 0.6) is 11.5 Å². The monoisotopic (exact) mass is 554 g/mol. The normalized spacial score (nSPS) is 14.7. The zero-order valence-corrected chi connectivity index (χ0v) is 24.9. The molecule has 40 heavy (non-hydrogen) atoms. The van der Waals surface area contributed by atoms with E-state index in [1.807, 2.05) is 19.2 Å². The van der Waals surface area contributed by atoms with Gasteiger partial charge in [-0.1, -0.05) is 33.3 Å². The van der Waals surface area contributed by atoms with Gasteiger partial charge in [0, 0.05) is 43.9 Å². The summed E-state index contributed by atoms with van der Waals surface area (Å²) >= 11 is 0. The summed E-state index contributed by atoms with van der Waals surface area (Å²) in [6.45, 7) is 10.7. The smallest absolute Gasteiger partial charge is 0.161 e. The number of H-pyrrole nitrogens is 1. The summed E-state index contributed by atoms with van der Waals surface area (Å²) in [7, 11) is 1.94. The van der Waals surface area contributed by atoms with E-state index >= 15 is 0 Å². The fraction of sp³-hybridized carbons (Fsp3) is 0.562. The number of hydrogen-bond donors (Lipinski definition) is 6. The number of aromatic amines is 1. The third kappa shape index (κ3) is 9.70. The lowest BCUT2D eigenvalue weighted by atomic mass is 9.94. The summed E-state index contributed by atoms with van der Waals surface area (Å²) in [6, 6.07) is 12.0. The standard InChI is InChI=1S/C32H50N4O4/c1-6-8-9-26-13-14-27(40-26)12-10-24-11-15-31(38)32(16-24)39-21-30(34-7-2)28-17-25(19-36-28)23(4)29(20-33-5)35-18-22(3)37/h11,13-17,19,22-23,29-30,33-38H,6-10,12,18,20-21H2,1-5H3/t22-,23-,29-,30-/m0/s1. The van der Waals surface area contributed by atoms with Crippen molar-refractivity contribution >= 4 is 0 Å². The molecule has 0 saturated heterocycles. The van der Waals surface area contributed by atoms with Crippen LogP contribution >= 0.6 is 0 Å². The Balaban J connectivity index is 1.62. The average molecular weight is 555 g/mol. The highest BCUT2D eigenvalue weighted by atomic mass is 16.5. The third-order valence-electron chi connectivity index (χ3n) is 7.37. The van der Waals surface area contributed by atoms with Gasteiger partial charge in [-0.3, -0.25) is 0 Å². The summed E-state index contributed by atoms with van der Waals surface area (Å²) < 4.78 is 12.1. The van der Waals surface area contributed by atoms with E-state index in [1.165, 1.54) is 5.56 Å². The van der Waals surface area contributed by atoms with E-state index in [0.29, 0.717) is 18.9 Å². The van der Waals surface area contributed by atoms with Crippen molar-refractivity contribution in [2.24, 2.45) is 0 Å². The van der Waals surface area contributed by atoms with Crippen LogP contribution in [0, 0.1) is 0 Å². The number of aliphatic hydroxyl groups is 1. The van der Waals surface area contributed by atoms with Crippen molar-refractivity contribution in [2.45, 2.75) is 83.9 Å². The zero-order valence-electron chi connectivity index (χ0n) is 24.9. The molecule has 0 radical (unpaired) electrons. The third-order valence-corrected chi connectivity index (χ3v) is 7.37. The molecule has 0 aliphatic rings. The quantitative estimate of drug-likeness (QED) is 0.126. The number of aromatic hydroxyl groups is 1. The van der Waals surface area contributed by atoms with Crippen LogP contribution in [0.15, 0.2) is 47.0 Å². The van der Waals surface area contributed by atoms with Gasteiger partial charge in [-0.15, -0.1) is 0 Å². The molecule has 1 aromatic carbocycles. The first kappa shape index (κ1) is 31.7. The van der Waals surface area contributed by atoms with Gasteiger partial charge in [0.25, 0.3) is 0 Å². The molecule has 3 rings (SSSR count). The van der Waals surface area contributed by atoms with Crippen LogP contribution in [0.1, 0.15) is 80.8 Å². The van der Waals surface area contributed by atoms with Crippen LogP contribution in [0.4, 0.5) is 0 Å². The molecule has 2 heterocycles. The van der Waals surface area contributed by atoms with Crippen LogP contribution in [-0.4, -0.2) is 60.6 Å². The van der Waals surface area contributed by atoms with Gasteiger partial charge in [-0.25, -0.2) is 0 Å². The van der Waals surface area contributed by atoms with Crippen LogP contribution in [-0.2, 0) is 19.3 Å². The van der Waals surface area contributed by atoms with Gasteiger partial charge in [0.05, 0.1) is 12.1 Å². The van der Waals surface area contributed by atoms with Gasteiger partial charge >= 0.3 is 0 Å². The van der Waals surface area contributed by atoms with Crippen molar-refractivity contribution in [1.82, 2.24) is 20.9 Å². The number of rotatable bonds is 19. The van der Waals surface area contributed by atoms with E-state index in [2.05, 4.69) is 66.1 Å². The van der Waals surface area contributed by atoms with Crippen molar-refractivity contribution in [1.29, 1.82) is 0 Å². The first-order chi connectivity index (χ1) is 19.3. The Bertz CT molecular complexity index is 1130. The van der Waals surface area contributed by atoms with E-state index < -0.39 is 6.10 Å². The molecule has 2 aromatic heterocycles. The molecule has 222 valence electrons. The van der Waals surface area contributed by atoms with Crippen molar-refractivity contribution in [3.8, 4) is 11.5 Å². The van der Waals surface area contributed by atoms with E-state index in [-0.39, 0.29) is 23.8 Å². The molecule has 0 saturated carbocycles. The van der Waals surface area contributed by atoms with Gasteiger partial charge < -0.3 is 40.3 Å².